The lowest BCUT2D eigenvalue weighted by Crippen LogP contribution is -2.55. The van der Waals surface area contributed by atoms with Crippen LogP contribution in [0.2, 0.25) is 0 Å². The second-order valence-electron chi connectivity index (χ2n) is 10.7. The Kier molecular flexibility index (Phi) is 10.6. The fourth-order valence-electron chi connectivity index (χ4n) is 5.50. The smallest absolute Gasteiger partial charge is 0.402 e. The summed E-state index contributed by atoms with van der Waals surface area (Å²) in [6.07, 6.45) is 8.66. The molecule has 3 rings (SSSR count). The third-order valence-electron chi connectivity index (χ3n) is 7.82. The van der Waals surface area contributed by atoms with Gasteiger partial charge in [0.15, 0.2) is 0 Å². The minimum Gasteiger partial charge on any atom is -0.509 e. The van der Waals surface area contributed by atoms with E-state index in [0.717, 1.165) is 104 Å². The molecule has 3 aromatic carbocycles. The molecule has 0 saturated carbocycles. The summed E-state index contributed by atoms with van der Waals surface area (Å²) < 4.78 is 2.77. The molecule has 4 heteroatoms. The third-order valence-corrected chi connectivity index (χ3v) is 11.7. The molecule has 0 aliphatic heterocycles. The Balaban J connectivity index is 2.39. The molecule has 0 bridgehead atoms. The first-order chi connectivity index (χ1) is 17.8. The van der Waals surface area contributed by atoms with Crippen molar-refractivity contribution in [3.8, 4) is 17.2 Å². The number of rotatable bonds is 12. The van der Waals surface area contributed by atoms with E-state index in [1.165, 1.54) is 0 Å². The zero-order valence-corrected chi connectivity index (χ0v) is 24.9. The van der Waals surface area contributed by atoms with Crippen molar-refractivity contribution in [1.82, 2.24) is 0 Å². The Morgan fingerprint density at radius 1 is 0.486 bits per heavy atom. The van der Waals surface area contributed by atoms with Crippen LogP contribution in [0.4, 0.5) is 0 Å². The predicted octanol–water partition coefficient (Wildman–Crippen LogP) is 6.27. The largest absolute Gasteiger partial charge is 0.509 e. The first-order valence-corrected chi connectivity index (χ1v) is 15.9. The number of benzene rings is 3. The molecule has 3 aromatic rings. The van der Waals surface area contributed by atoms with Crippen LogP contribution in [0.5, 0.6) is 17.2 Å². The van der Waals surface area contributed by atoms with Crippen LogP contribution in [0.25, 0.3) is 0 Å². The van der Waals surface area contributed by atoms with Gasteiger partial charge in [0.2, 0.25) is 0 Å². The van der Waals surface area contributed by atoms with Gasteiger partial charge in [0, 0.05) is 0 Å². The normalized spacial score (nSPS) is 11.2. The van der Waals surface area contributed by atoms with Gasteiger partial charge in [-0.3, -0.25) is 0 Å². The summed E-state index contributed by atoms with van der Waals surface area (Å²) in [5.74, 6) is 1.04. The highest BCUT2D eigenvalue weighted by molar-refractivity contribution is 6.97. The van der Waals surface area contributed by atoms with E-state index >= 15 is 0 Å². The summed E-state index contributed by atoms with van der Waals surface area (Å²) >= 11 is -2.48. The van der Waals surface area contributed by atoms with Crippen LogP contribution >= 0.6 is 0 Å². The first-order valence-electron chi connectivity index (χ1n) is 14.2. The molecule has 3 N–H and O–H groups in total. The number of phenols is 3. The number of phenolic OH excluding ortho intramolecular Hbond substituents is 3. The van der Waals surface area contributed by atoms with Crippen molar-refractivity contribution in [2.75, 3.05) is 0 Å². The monoisotopic (exact) mass is 516 g/mol. The standard InChI is InChI=1S/3C11H15O.Al/c3*1-3-4-5-10-7-6-9(2)8-11(10)12;/h3*6-7,12H,3-5H2,1-2H3;. The number of unbranched alkanes of at least 4 members (excludes halogenated alkanes) is 3. The molecule has 198 valence electrons. The summed E-state index contributed by atoms with van der Waals surface area (Å²) in [5.41, 5.74) is 5.93. The van der Waals surface area contributed by atoms with E-state index in [-0.39, 0.29) is 0 Å². The van der Waals surface area contributed by atoms with E-state index in [9.17, 15) is 15.3 Å². The fourth-order valence-corrected chi connectivity index (χ4v) is 9.39. The van der Waals surface area contributed by atoms with Gasteiger partial charge in [-0.1, -0.05) is 106 Å². The summed E-state index contributed by atoms with van der Waals surface area (Å²) in [7, 11) is 0. The highest BCUT2D eigenvalue weighted by Gasteiger charge is 2.38. The Morgan fingerprint density at radius 3 is 1.00 bits per heavy atom. The van der Waals surface area contributed by atoms with Crippen LogP contribution < -0.4 is 13.3 Å². The Labute approximate surface area is 228 Å². The van der Waals surface area contributed by atoms with Crippen LogP contribution in [-0.4, -0.2) is 29.5 Å². The lowest BCUT2D eigenvalue weighted by atomic mass is 10.0. The molecule has 0 heterocycles. The number of hydrogen-bond acceptors (Lipinski definition) is 3. The van der Waals surface area contributed by atoms with Crippen molar-refractivity contribution >= 4 is 27.4 Å². The molecule has 0 aliphatic carbocycles. The second kappa shape index (κ2) is 13.4. The SMILES string of the molecule is CCCCc1ccc(C)[c]([Al]([c]2c(C)ccc(CCCC)c2O)[c]2c(C)ccc(CCCC)c2O)c1O. The van der Waals surface area contributed by atoms with E-state index in [1.807, 2.05) is 18.2 Å². The number of aryl methyl sites for hydroxylation is 6. The number of hydrogen-bond donors (Lipinski definition) is 3. The van der Waals surface area contributed by atoms with Crippen molar-refractivity contribution in [2.45, 2.75) is 99.3 Å². The van der Waals surface area contributed by atoms with Crippen molar-refractivity contribution in [3.05, 3.63) is 69.8 Å². The maximum absolute atomic E-state index is 11.7. The molecular formula is C33H45AlO3. The Bertz CT molecular complexity index is 1060. The van der Waals surface area contributed by atoms with Crippen molar-refractivity contribution in [1.29, 1.82) is 0 Å². The molecule has 0 fully saturated rings. The summed E-state index contributed by atoms with van der Waals surface area (Å²) in [6.45, 7) is 12.7. The highest BCUT2D eigenvalue weighted by Crippen LogP contribution is 2.27. The highest BCUT2D eigenvalue weighted by atomic mass is 27.2. The quantitative estimate of drug-likeness (QED) is 0.249. The Morgan fingerprint density at radius 2 is 0.757 bits per heavy atom. The molecule has 0 saturated heterocycles. The molecule has 0 aliphatic rings. The van der Waals surface area contributed by atoms with E-state index < -0.39 is 14.1 Å². The minimum absolute atomic E-state index is 0.348. The number of aromatic hydroxyl groups is 3. The molecule has 0 aromatic heterocycles. The van der Waals surface area contributed by atoms with Crippen molar-refractivity contribution < 1.29 is 15.3 Å². The lowest BCUT2D eigenvalue weighted by Gasteiger charge is -2.26. The zero-order chi connectivity index (χ0) is 27.1. The summed E-state index contributed by atoms with van der Waals surface area (Å²) in [6, 6.07) is 12.5. The van der Waals surface area contributed by atoms with Gasteiger partial charge in [0.25, 0.3) is 0 Å². The molecule has 0 atom stereocenters. The summed E-state index contributed by atoms with van der Waals surface area (Å²) in [5, 5.41) is 35.2. The van der Waals surface area contributed by atoms with Gasteiger partial charge in [-0.2, -0.15) is 0 Å². The van der Waals surface area contributed by atoms with E-state index in [1.54, 1.807) is 0 Å². The molecule has 0 radical (unpaired) electrons. The second-order valence-corrected chi connectivity index (χ2v) is 13.3. The Hall–Kier alpha value is -2.41. The molecule has 0 amide bonds. The third kappa shape index (κ3) is 6.36. The van der Waals surface area contributed by atoms with Crippen LogP contribution in [0.15, 0.2) is 36.4 Å². The van der Waals surface area contributed by atoms with Crippen molar-refractivity contribution in [3.63, 3.8) is 0 Å². The van der Waals surface area contributed by atoms with Crippen LogP contribution in [-0.2, 0) is 19.3 Å². The molecular weight excluding hydrogens is 471 g/mol. The van der Waals surface area contributed by atoms with Crippen LogP contribution in [0, 0.1) is 20.8 Å². The molecule has 0 spiro atoms. The average molecular weight is 517 g/mol. The van der Waals surface area contributed by atoms with E-state index in [0.29, 0.717) is 17.2 Å². The van der Waals surface area contributed by atoms with Gasteiger partial charge >= 0.3 is 14.1 Å². The van der Waals surface area contributed by atoms with Gasteiger partial charge < -0.3 is 15.3 Å². The van der Waals surface area contributed by atoms with Crippen LogP contribution in [0.1, 0.15) is 92.7 Å². The van der Waals surface area contributed by atoms with Gasteiger partial charge in [0.05, 0.1) is 0 Å². The maximum atomic E-state index is 11.7. The van der Waals surface area contributed by atoms with Gasteiger partial charge in [-0.15, -0.1) is 0 Å². The molecule has 3 nitrogen and oxygen atoms in total. The molecule has 0 unspecified atom stereocenters. The van der Waals surface area contributed by atoms with Gasteiger partial charge in [-0.05, 0) is 76.0 Å². The van der Waals surface area contributed by atoms with Gasteiger partial charge in [0.1, 0.15) is 17.2 Å². The molecule has 37 heavy (non-hydrogen) atoms. The minimum atomic E-state index is -2.48. The zero-order valence-electron chi connectivity index (χ0n) is 23.7. The average Bonchev–Trinajstić information content (AvgIpc) is 2.87. The maximum Gasteiger partial charge on any atom is 0.402 e. The lowest BCUT2D eigenvalue weighted by molar-refractivity contribution is 0.469. The fraction of sp³-hybridized carbons (Fsp3) is 0.455. The van der Waals surface area contributed by atoms with Gasteiger partial charge in [-0.25, -0.2) is 0 Å². The summed E-state index contributed by atoms with van der Waals surface area (Å²) in [4.78, 5) is 0. The predicted molar refractivity (Wildman–Crippen MR) is 159 cm³/mol. The first kappa shape index (κ1) is 29.2. The topological polar surface area (TPSA) is 60.7 Å². The van der Waals surface area contributed by atoms with Crippen LogP contribution in [0.3, 0.4) is 0 Å². The van der Waals surface area contributed by atoms with E-state index in [2.05, 4.69) is 59.7 Å². The van der Waals surface area contributed by atoms with Crippen molar-refractivity contribution in [2.24, 2.45) is 0 Å². The van der Waals surface area contributed by atoms with E-state index in [4.69, 9.17) is 0 Å².